The summed E-state index contributed by atoms with van der Waals surface area (Å²) in [5.41, 5.74) is 8.51. The van der Waals surface area contributed by atoms with E-state index in [9.17, 15) is 0 Å². The van der Waals surface area contributed by atoms with Gasteiger partial charge in [0.05, 0.1) is 0 Å². The summed E-state index contributed by atoms with van der Waals surface area (Å²) in [5.74, 6) is 0. The Morgan fingerprint density at radius 1 is 1.32 bits per heavy atom. The lowest BCUT2D eigenvalue weighted by Crippen LogP contribution is -2.26. The maximum atomic E-state index is 6.34. The predicted molar refractivity (Wildman–Crippen MR) is 84.1 cm³/mol. The smallest absolute Gasteiger partial charge is 0.0459 e. The van der Waals surface area contributed by atoms with Gasteiger partial charge in [-0.15, -0.1) is 0 Å². The van der Waals surface area contributed by atoms with Gasteiger partial charge < -0.3 is 10.6 Å². The Hall–Kier alpha value is -0.730. The second-order valence-corrected chi connectivity index (χ2v) is 6.10. The van der Waals surface area contributed by atoms with E-state index in [1.54, 1.807) is 0 Å². The Labute approximate surface area is 121 Å². The Balaban J connectivity index is 2.13. The number of hydrogen-bond acceptors (Lipinski definition) is 2. The van der Waals surface area contributed by atoms with E-state index < -0.39 is 0 Å². The van der Waals surface area contributed by atoms with Crippen LogP contribution in [0.2, 0.25) is 5.02 Å². The van der Waals surface area contributed by atoms with Crippen LogP contribution in [0.1, 0.15) is 38.7 Å². The molecule has 1 saturated heterocycles. The average molecular weight is 281 g/mol. The minimum absolute atomic E-state index is 0.502. The van der Waals surface area contributed by atoms with Crippen molar-refractivity contribution in [2.45, 2.75) is 39.5 Å². The summed E-state index contributed by atoms with van der Waals surface area (Å²) in [5, 5.41) is 0.855. The van der Waals surface area contributed by atoms with Crippen LogP contribution in [0.25, 0.3) is 0 Å². The van der Waals surface area contributed by atoms with E-state index in [1.165, 1.54) is 24.9 Å². The molecule has 0 bridgehead atoms. The molecular weight excluding hydrogens is 256 g/mol. The van der Waals surface area contributed by atoms with E-state index in [4.69, 9.17) is 17.3 Å². The lowest BCUT2D eigenvalue weighted by atomic mass is 9.82. The zero-order valence-corrected chi connectivity index (χ0v) is 12.8. The van der Waals surface area contributed by atoms with Gasteiger partial charge in [0.25, 0.3) is 0 Å². The maximum Gasteiger partial charge on any atom is 0.0459 e. The average Bonchev–Trinajstić information content (AvgIpc) is 2.86. The fourth-order valence-corrected chi connectivity index (χ4v) is 3.34. The molecule has 1 aromatic carbocycles. The van der Waals surface area contributed by atoms with E-state index >= 15 is 0 Å². The molecule has 2 nitrogen and oxygen atoms in total. The molecule has 0 amide bonds. The number of halogens is 1. The molecule has 2 N–H and O–H groups in total. The Morgan fingerprint density at radius 3 is 2.58 bits per heavy atom. The van der Waals surface area contributed by atoms with E-state index in [0.29, 0.717) is 12.0 Å². The van der Waals surface area contributed by atoms with Crippen molar-refractivity contribution in [2.75, 3.05) is 24.5 Å². The highest BCUT2D eigenvalue weighted by atomic mass is 35.5. The third-order valence-corrected chi connectivity index (χ3v) is 5.11. The summed E-state index contributed by atoms with van der Waals surface area (Å²) in [7, 11) is 0. The highest BCUT2D eigenvalue weighted by molar-refractivity contribution is 6.31. The molecule has 0 aliphatic carbocycles. The number of rotatable bonds is 5. The van der Waals surface area contributed by atoms with Crippen molar-refractivity contribution in [2.24, 2.45) is 11.1 Å². The topological polar surface area (TPSA) is 29.3 Å². The fraction of sp³-hybridized carbons (Fsp3) is 0.625. The van der Waals surface area contributed by atoms with Crippen LogP contribution in [0.4, 0.5) is 5.69 Å². The molecule has 1 heterocycles. The third kappa shape index (κ3) is 3.06. The van der Waals surface area contributed by atoms with Crippen molar-refractivity contribution in [3.8, 4) is 0 Å². The van der Waals surface area contributed by atoms with Crippen molar-refractivity contribution in [3.05, 3.63) is 28.8 Å². The van der Waals surface area contributed by atoms with Gasteiger partial charge in [-0.25, -0.2) is 0 Å². The lowest BCUT2D eigenvalue weighted by molar-refractivity contribution is 0.301. The standard InChI is InChI=1S/C16H25ClN2/c1-3-16(4-2)8-10-19(12-16)14-6-5-13(7-9-18)15(17)11-14/h5-6,11H,3-4,7-10,12,18H2,1-2H3. The first-order valence-electron chi connectivity index (χ1n) is 7.37. The van der Waals surface area contributed by atoms with Crippen LogP contribution in [0.15, 0.2) is 18.2 Å². The SMILES string of the molecule is CCC1(CC)CCN(c2ccc(CCN)c(Cl)c2)C1. The van der Waals surface area contributed by atoms with Crippen molar-refractivity contribution >= 4 is 17.3 Å². The van der Waals surface area contributed by atoms with E-state index in [0.717, 1.165) is 30.1 Å². The molecule has 1 aliphatic heterocycles. The van der Waals surface area contributed by atoms with Crippen molar-refractivity contribution < 1.29 is 0 Å². The number of anilines is 1. The van der Waals surface area contributed by atoms with Crippen LogP contribution >= 0.6 is 11.6 Å². The zero-order valence-electron chi connectivity index (χ0n) is 12.1. The molecule has 2 rings (SSSR count). The van der Waals surface area contributed by atoms with Crippen LogP contribution in [0, 0.1) is 5.41 Å². The number of nitrogens with two attached hydrogens (primary N) is 1. The van der Waals surface area contributed by atoms with Gasteiger partial charge in [0.1, 0.15) is 0 Å². The third-order valence-electron chi connectivity index (χ3n) is 4.75. The predicted octanol–water partition coefficient (Wildman–Crippen LogP) is 3.86. The maximum absolute atomic E-state index is 6.34. The van der Waals surface area contributed by atoms with Gasteiger partial charge in [-0.1, -0.05) is 31.5 Å². The second-order valence-electron chi connectivity index (χ2n) is 5.69. The molecule has 0 spiro atoms. The summed E-state index contributed by atoms with van der Waals surface area (Å²) in [4.78, 5) is 2.48. The molecule has 1 fully saturated rings. The largest absolute Gasteiger partial charge is 0.371 e. The molecule has 0 radical (unpaired) electrons. The molecule has 0 unspecified atom stereocenters. The van der Waals surface area contributed by atoms with Gasteiger partial charge >= 0.3 is 0 Å². The van der Waals surface area contributed by atoms with Crippen molar-refractivity contribution in [1.82, 2.24) is 0 Å². The van der Waals surface area contributed by atoms with E-state index in [1.807, 2.05) is 0 Å². The summed E-state index contributed by atoms with van der Waals surface area (Å²) < 4.78 is 0. The first-order chi connectivity index (χ1) is 9.14. The first-order valence-corrected chi connectivity index (χ1v) is 7.75. The fourth-order valence-electron chi connectivity index (χ4n) is 3.07. The number of nitrogens with zero attached hydrogens (tertiary/aromatic N) is 1. The van der Waals surface area contributed by atoms with Crippen LogP contribution in [-0.4, -0.2) is 19.6 Å². The molecular formula is C16H25ClN2. The highest BCUT2D eigenvalue weighted by Gasteiger charge is 2.34. The van der Waals surface area contributed by atoms with Gasteiger partial charge in [-0.2, -0.15) is 0 Å². The molecule has 0 atom stereocenters. The van der Waals surface area contributed by atoms with Gasteiger partial charge in [-0.05, 0) is 55.3 Å². The number of benzene rings is 1. The molecule has 0 aromatic heterocycles. The van der Waals surface area contributed by atoms with Crippen LogP contribution < -0.4 is 10.6 Å². The molecule has 3 heteroatoms. The van der Waals surface area contributed by atoms with Gasteiger partial charge in [0, 0.05) is 23.8 Å². The van der Waals surface area contributed by atoms with Crippen molar-refractivity contribution in [1.29, 1.82) is 0 Å². The molecule has 106 valence electrons. The minimum atomic E-state index is 0.502. The molecule has 19 heavy (non-hydrogen) atoms. The molecule has 0 saturated carbocycles. The normalized spacial score (nSPS) is 18.0. The van der Waals surface area contributed by atoms with Crippen LogP contribution in [-0.2, 0) is 6.42 Å². The highest BCUT2D eigenvalue weighted by Crippen LogP contribution is 2.39. The van der Waals surface area contributed by atoms with Crippen LogP contribution in [0.3, 0.4) is 0 Å². The Morgan fingerprint density at radius 2 is 2.05 bits per heavy atom. The van der Waals surface area contributed by atoms with Crippen molar-refractivity contribution in [3.63, 3.8) is 0 Å². The molecule has 1 aliphatic rings. The minimum Gasteiger partial charge on any atom is -0.371 e. The zero-order chi connectivity index (χ0) is 13.9. The Bertz CT molecular complexity index is 427. The summed E-state index contributed by atoms with van der Waals surface area (Å²) in [6, 6.07) is 6.43. The summed E-state index contributed by atoms with van der Waals surface area (Å²) >= 11 is 6.34. The first kappa shape index (κ1) is 14.7. The van der Waals surface area contributed by atoms with E-state index in [2.05, 4.69) is 36.9 Å². The summed E-state index contributed by atoms with van der Waals surface area (Å²) in [6.45, 7) is 7.58. The van der Waals surface area contributed by atoms with Crippen LogP contribution in [0.5, 0.6) is 0 Å². The molecule has 1 aromatic rings. The van der Waals surface area contributed by atoms with Gasteiger partial charge in [0.15, 0.2) is 0 Å². The summed E-state index contributed by atoms with van der Waals surface area (Å²) in [6.07, 6.45) is 4.67. The Kier molecular flexibility index (Phi) is 4.75. The lowest BCUT2D eigenvalue weighted by Gasteiger charge is -2.27. The quantitative estimate of drug-likeness (QED) is 0.887. The second kappa shape index (κ2) is 6.15. The van der Waals surface area contributed by atoms with Gasteiger partial charge in [0.2, 0.25) is 0 Å². The monoisotopic (exact) mass is 280 g/mol. The van der Waals surface area contributed by atoms with E-state index in [-0.39, 0.29) is 0 Å². The van der Waals surface area contributed by atoms with Gasteiger partial charge in [-0.3, -0.25) is 0 Å². The number of hydrogen-bond donors (Lipinski definition) is 1.